The van der Waals surface area contributed by atoms with Gasteiger partial charge in [0, 0.05) is 16.8 Å². The average molecular weight is 401 g/mol. The second kappa shape index (κ2) is 10.3. The molecule has 28 heavy (non-hydrogen) atoms. The highest BCUT2D eigenvalue weighted by atomic mass is 35.5. The smallest absolute Gasteiger partial charge is 0.331 e. The largest absolute Gasteiger partial charge is 0.452 e. The lowest BCUT2D eigenvalue weighted by molar-refractivity contribution is -0.143. The summed E-state index contributed by atoms with van der Waals surface area (Å²) in [5.74, 6) is -1.63. The first-order chi connectivity index (χ1) is 13.3. The number of anilines is 1. The molecule has 2 rings (SSSR count). The number of carbonyl (C=O) groups excluding carboxylic acids is 3. The van der Waals surface area contributed by atoms with Crippen molar-refractivity contribution in [3.63, 3.8) is 0 Å². The second-order valence-electron chi connectivity index (χ2n) is 6.09. The Morgan fingerprint density at radius 1 is 1.04 bits per heavy atom. The Bertz CT molecular complexity index is 892. The van der Waals surface area contributed by atoms with Gasteiger partial charge in [-0.05, 0) is 43.2 Å². The van der Waals surface area contributed by atoms with Crippen molar-refractivity contribution >= 4 is 41.1 Å². The van der Waals surface area contributed by atoms with Crippen molar-refractivity contribution in [1.82, 2.24) is 5.32 Å². The molecule has 0 saturated carbocycles. The molecule has 0 heterocycles. The van der Waals surface area contributed by atoms with Gasteiger partial charge < -0.3 is 15.4 Å². The third kappa shape index (κ3) is 6.89. The molecule has 0 fully saturated rings. The molecular weight excluding hydrogens is 380 g/mol. The molecule has 2 aromatic carbocycles. The van der Waals surface area contributed by atoms with Gasteiger partial charge in [0.25, 0.3) is 5.91 Å². The Hall–Kier alpha value is -3.12. The monoisotopic (exact) mass is 400 g/mol. The molecule has 0 spiro atoms. The topological polar surface area (TPSA) is 84.5 Å². The Balaban J connectivity index is 1.71. The van der Waals surface area contributed by atoms with E-state index >= 15 is 0 Å². The molecule has 2 aromatic rings. The van der Waals surface area contributed by atoms with Crippen LogP contribution in [0.4, 0.5) is 5.69 Å². The second-order valence-corrected chi connectivity index (χ2v) is 6.50. The zero-order valence-corrected chi connectivity index (χ0v) is 16.4. The zero-order chi connectivity index (χ0) is 20.5. The highest BCUT2D eigenvalue weighted by Gasteiger charge is 2.10. The number of carbonyl (C=O) groups is 3. The molecule has 2 N–H and O–H groups in total. The standard InChI is InChI=1S/C21H21ClN2O4/c1-14-6-8-16(9-7-14)10-11-21(27)28-13-20(26)23-12-19(25)24-18-5-3-4-17(22)15(18)2/h3-11H,12-13H2,1-2H3,(H,23,26)(H,24,25)/b11-10+. The highest BCUT2D eigenvalue weighted by Crippen LogP contribution is 2.22. The number of ether oxygens (including phenoxy) is 1. The summed E-state index contributed by atoms with van der Waals surface area (Å²) >= 11 is 5.99. The van der Waals surface area contributed by atoms with E-state index in [1.165, 1.54) is 6.08 Å². The van der Waals surface area contributed by atoms with Gasteiger partial charge in [0.1, 0.15) is 0 Å². The van der Waals surface area contributed by atoms with Crippen LogP contribution in [0, 0.1) is 13.8 Å². The zero-order valence-electron chi connectivity index (χ0n) is 15.6. The lowest BCUT2D eigenvalue weighted by Crippen LogP contribution is -2.35. The summed E-state index contributed by atoms with van der Waals surface area (Å²) in [6, 6.07) is 12.7. The summed E-state index contributed by atoms with van der Waals surface area (Å²) in [5.41, 5.74) is 3.27. The van der Waals surface area contributed by atoms with E-state index in [2.05, 4.69) is 10.6 Å². The maximum Gasteiger partial charge on any atom is 0.331 e. The number of hydrogen-bond acceptors (Lipinski definition) is 4. The first-order valence-electron chi connectivity index (χ1n) is 8.58. The van der Waals surface area contributed by atoms with E-state index in [0.29, 0.717) is 10.7 Å². The van der Waals surface area contributed by atoms with Gasteiger partial charge in [-0.2, -0.15) is 0 Å². The molecule has 0 aliphatic rings. The molecule has 2 amide bonds. The van der Waals surface area contributed by atoms with Crippen LogP contribution < -0.4 is 10.6 Å². The van der Waals surface area contributed by atoms with Crippen LogP contribution in [0.1, 0.15) is 16.7 Å². The van der Waals surface area contributed by atoms with Gasteiger partial charge in [-0.1, -0.05) is 47.5 Å². The normalized spacial score (nSPS) is 10.5. The fourth-order valence-corrected chi connectivity index (χ4v) is 2.37. The molecule has 0 unspecified atom stereocenters. The van der Waals surface area contributed by atoms with Crippen molar-refractivity contribution in [2.24, 2.45) is 0 Å². The summed E-state index contributed by atoms with van der Waals surface area (Å²) in [5, 5.41) is 5.58. The van der Waals surface area contributed by atoms with Crippen LogP contribution in [0.25, 0.3) is 6.08 Å². The van der Waals surface area contributed by atoms with Gasteiger partial charge >= 0.3 is 5.97 Å². The summed E-state index contributed by atoms with van der Waals surface area (Å²) in [6.07, 6.45) is 2.84. The lowest BCUT2D eigenvalue weighted by Gasteiger charge is -2.10. The van der Waals surface area contributed by atoms with Gasteiger partial charge in [-0.25, -0.2) is 4.79 Å². The Morgan fingerprint density at radius 2 is 1.75 bits per heavy atom. The van der Waals surface area contributed by atoms with Crippen LogP contribution in [0.3, 0.4) is 0 Å². The fraction of sp³-hybridized carbons (Fsp3) is 0.190. The number of benzene rings is 2. The third-order valence-corrected chi connectivity index (χ3v) is 4.23. The van der Waals surface area contributed by atoms with Crippen molar-refractivity contribution < 1.29 is 19.1 Å². The fourth-order valence-electron chi connectivity index (χ4n) is 2.19. The molecule has 0 aromatic heterocycles. The van der Waals surface area contributed by atoms with E-state index in [1.54, 1.807) is 31.2 Å². The molecule has 0 aliphatic carbocycles. The van der Waals surface area contributed by atoms with E-state index in [9.17, 15) is 14.4 Å². The SMILES string of the molecule is Cc1ccc(/C=C/C(=O)OCC(=O)NCC(=O)Nc2cccc(Cl)c2C)cc1. The van der Waals surface area contributed by atoms with Gasteiger partial charge in [-0.15, -0.1) is 0 Å². The average Bonchev–Trinajstić information content (AvgIpc) is 2.68. The third-order valence-electron chi connectivity index (χ3n) is 3.82. The number of nitrogens with one attached hydrogen (secondary N) is 2. The predicted molar refractivity (Wildman–Crippen MR) is 109 cm³/mol. The lowest BCUT2D eigenvalue weighted by atomic mass is 10.1. The number of hydrogen-bond donors (Lipinski definition) is 2. The minimum Gasteiger partial charge on any atom is -0.452 e. The molecule has 0 aliphatic heterocycles. The van der Waals surface area contributed by atoms with Gasteiger partial charge in [0.15, 0.2) is 6.61 Å². The molecule has 0 bridgehead atoms. The first kappa shape index (κ1) is 21.2. The molecule has 0 atom stereocenters. The number of esters is 1. The number of aryl methyl sites for hydroxylation is 1. The molecule has 0 saturated heterocycles. The number of rotatable bonds is 7. The van der Waals surface area contributed by atoms with Crippen molar-refractivity contribution in [3.05, 3.63) is 70.3 Å². The Morgan fingerprint density at radius 3 is 2.46 bits per heavy atom. The molecule has 0 radical (unpaired) electrons. The van der Waals surface area contributed by atoms with Gasteiger partial charge in [0.05, 0.1) is 6.54 Å². The van der Waals surface area contributed by atoms with Crippen LogP contribution in [-0.2, 0) is 19.1 Å². The van der Waals surface area contributed by atoms with Gasteiger partial charge in [-0.3, -0.25) is 9.59 Å². The minimum absolute atomic E-state index is 0.248. The number of halogens is 1. The predicted octanol–water partition coefficient (Wildman–Crippen LogP) is 3.27. The van der Waals surface area contributed by atoms with Crippen molar-refractivity contribution in [2.45, 2.75) is 13.8 Å². The Kier molecular flexibility index (Phi) is 7.77. The molecular formula is C21H21ClN2O4. The van der Waals surface area contributed by atoms with Crippen LogP contribution in [-0.4, -0.2) is 30.9 Å². The van der Waals surface area contributed by atoms with Crippen LogP contribution in [0.15, 0.2) is 48.5 Å². The molecule has 146 valence electrons. The van der Waals surface area contributed by atoms with Crippen LogP contribution in [0.5, 0.6) is 0 Å². The van der Waals surface area contributed by atoms with Crippen LogP contribution in [0.2, 0.25) is 5.02 Å². The Labute approximate surface area is 168 Å². The van der Waals surface area contributed by atoms with E-state index in [0.717, 1.165) is 16.7 Å². The first-order valence-corrected chi connectivity index (χ1v) is 8.96. The van der Waals surface area contributed by atoms with Crippen molar-refractivity contribution in [3.8, 4) is 0 Å². The van der Waals surface area contributed by atoms with E-state index in [-0.39, 0.29) is 6.54 Å². The minimum atomic E-state index is -0.644. The van der Waals surface area contributed by atoms with E-state index in [4.69, 9.17) is 16.3 Å². The molecule has 7 heteroatoms. The summed E-state index contributed by atoms with van der Waals surface area (Å²) in [4.78, 5) is 35.3. The van der Waals surface area contributed by atoms with Crippen molar-refractivity contribution in [2.75, 3.05) is 18.5 Å². The summed E-state index contributed by atoms with van der Waals surface area (Å²) in [6.45, 7) is 3.03. The molecule has 6 nitrogen and oxygen atoms in total. The summed E-state index contributed by atoms with van der Waals surface area (Å²) < 4.78 is 4.85. The van der Waals surface area contributed by atoms with E-state index in [1.807, 2.05) is 31.2 Å². The summed E-state index contributed by atoms with van der Waals surface area (Å²) in [7, 11) is 0. The van der Waals surface area contributed by atoms with Crippen molar-refractivity contribution in [1.29, 1.82) is 0 Å². The maximum absolute atomic E-state index is 11.9. The maximum atomic E-state index is 11.9. The van der Waals surface area contributed by atoms with E-state index < -0.39 is 24.4 Å². The van der Waals surface area contributed by atoms with Gasteiger partial charge in [0.2, 0.25) is 5.91 Å². The number of amides is 2. The highest BCUT2D eigenvalue weighted by molar-refractivity contribution is 6.31. The quantitative estimate of drug-likeness (QED) is 0.551. The van der Waals surface area contributed by atoms with Crippen LogP contribution >= 0.6 is 11.6 Å².